The third-order valence-corrected chi connectivity index (χ3v) is 3.76. The average Bonchev–Trinajstić information content (AvgIpc) is 2.61. The van der Waals surface area contributed by atoms with Crippen LogP contribution in [-0.4, -0.2) is 14.2 Å². The zero-order valence-electron chi connectivity index (χ0n) is 13.6. The Bertz CT molecular complexity index is 892. The topological polar surface area (TPSA) is 27.7 Å². The van der Waals surface area contributed by atoms with Crippen LogP contribution in [0, 0.1) is 5.82 Å². The van der Waals surface area contributed by atoms with E-state index in [1.54, 1.807) is 18.2 Å². The molecule has 25 heavy (non-hydrogen) atoms. The second-order valence-electron chi connectivity index (χ2n) is 5.34. The Kier molecular flexibility index (Phi) is 4.44. The molecule has 3 rings (SSSR count). The SMILES string of the molecule is COc1ccc(C(F)(F)Oc2cc3ccc(OC)cc3cc2F)cc1. The molecule has 0 unspecified atom stereocenters. The van der Waals surface area contributed by atoms with E-state index in [2.05, 4.69) is 4.74 Å². The third-order valence-electron chi connectivity index (χ3n) is 3.76. The molecule has 0 saturated carbocycles. The second kappa shape index (κ2) is 6.55. The number of alkyl halides is 2. The Morgan fingerprint density at radius 3 is 2.04 bits per heavy atom. The summed E-state index contributed by atoms with van der Waals surface area (Å²) in [5.74, 6) is -0.429. The molecule has 0 N–H and O–H groups in total. The van der Waals surface area contributed by atoms with Gasteiger partial charge in [0.25, 0.3) is 0 Å². The van der Waals surface area contributed by atoms with E-state index in [0.717, 1.165) is 6.07 Å². The highest BCUT2D eigenvalue weighted by molar-refractivity contribution is 5.85. The molecule has 0 radical (unpaired) electrons. The maximum atomic E-state index is 14.3. The summed E-state index contributed by atoms with van der Waals surface area (Å²) in [5, 5.41) is 1.08. The molecule has 0 aromatic heterocycles. The van der Waals surface area contributed by atoms with Crippen molar-refractivity contribution < 1.29 is 27.4 Å². The number of hydrogen-bond acceptors (Lipinski definition) is 3. The van der Waals surface area contributed by atoms with Gasteiger partial charge in [-0.3, -0.25) is 0 Å². The average molecular weight is 348 g/mol. The molecular weight excluding hydrogens is 333 g/mol. The van der Waals surface area contributed by atoms with Crippen molar-refractivity contribution in [1.82, 2.24) is 0 Å². The van der Waals surface area contributed by atoms with Crippen molar-refractivity contribution in [3.63, 3.8) is 0 Å². The van der Waals surface area contributed by atoms with E-state index < -0.39 is 23.2 Å². The number of methoxy groups -OCH3 is 2. The molecule has 0 heterocycles. The number of fused-ring (bicyclic) bond motifs is 1. The lowest BCUT2D eigenvalue weighted by atomic mass is 10.1. The monoisotopic (exact) mass is 348 g/mol. The van der Waals surface area contributed by atoms with E-state index in [1.807, 2.05) is 0 Å². The van der Waals surface area contributed by atoms with Gasteiger partial charge in [0.15, 0.2) is 11.6 Å². The molecule has 0 fully saturated rings. The van der Waals surface area contributed by atoms with Crippen molar-refractivity contribution in [1.29, 1.82) is 0 Å². The van der Waals surface area contributed by atoms with Gasteiger partial charge in [0.05, 0.1) is 19.8 Å². The molecule has 0 amide bonds. The minimum absolute atomic E-state index is 0.400. The third kappa shape index (κ3) is 3.47. The molecule has 0 aliphatic heterocycles. The van der Waals surface area contributed by atoms with E-state index in [-0.39, 0.29) is 0 Å². The molecule has 6 heteroatoms. The summed E-state index contributed by atoms with van der Waals surface area (Å²) in [6.07, 6.45) is -3.69. The fourth-order valence-electron chi connectivity index (χ4n) is 2.41. The van der Waals surface area contributed by atoms with Crippen LogP contribution in [0.15, 0.2) is 54.6 Å². The number of ether oxygens (including phenoxy) is 3. The highest BCUT2D eigenvalue weighted by Gasteiger charge is 2.35. The van der Waals surface area contributed by atoms with Crippen molar-refractivity contribution in [3.8, 4) is 17.2 Å². The van der Waals surface area contributed by atoms with Crippen LogP contribution in [0.5, 0.6) is 17.2 Å². The maximum absolute atomic E-state index is 14.3. The first-order chi connectivity index (χ1) is 11.9. The van der Waals surface area contributed by atoms with Gasteiger partial charge in [0.2, 0.25) is 0 Å². The van der Waals surface area contributed by atoms with Crippen LogP contribution < -0.4 is 14.2 Å². The fourth-order valence-corrected chi connectivity index (χ4v) is 2.41. The van der Waals surface area contributed by atoms with E-state index in [4.69, 9.17) is 9.47 Å². The fraction of sp³-hybridized carbons (Fsp3) is 0.158. The highest BCUT2D eigenvalue weighted by atomic mass is 19.3. The molecular formula is C19H15F3O3. The Balaban J connectivity index is 1.93. The maximum Gasteiger partial charge on any atom is 0.426 e. The summed E-state index contributed by atoms with van der Waals surface area (Å²) < 4.78 is 57.5. The van der Waals surface area contributed by atoms with Crippen LogP contribution in [0.2, 0.25) is 0 Å². The van der Waals surface area contributed by atoms with E-state index in [1.165, 1.54) is 44.6 Å². The molecule has 130 valence electrons. The van der Waals surface area contributed by atoms with Crippen LogP contribution in [0.3, 0.4) is 0 Å². The zero-order chi connectivity index (χ0) is 18.0. The van der Waals surface area contributed by atoms with Crippen molar-refractivity contribution in [3.05, 3.63) is 66.0 Å². The molecule has 3 aromatic rings. The first-order valence-electron chi connectivity index (χ1n) is 7.41. The van der Waals surface area contributed by atoms with E-state index >= 15 is 0 Å². The first-order valence-corrected chi connectivity index (χ1v) is 7.41. The predicted octanol–water partition coefficient (Wildman–Crippen LogP) is 5.12. The lowest BCUT2D eigenvalue weighted by Gasteiger charge is -2.19. The molecule has 0 saturated heterocycles. The minimum Gasteiger partial charge on any atom is -0.497 e. The number of halogens is 3. The molecule has 3 aromatic carbocycles. The summed E-state index contributed by atoms with van der Waals surface area (Å²) >= 11 is 0. The van der Waals surface area contributed by atoms with Crippen molar-refractivity contribution >= 4 is 10.8 Å². The summed E-state index contributed by atoms with van der Waals surface area (Å²) in [6, 6.07) is 12.4. The smallest absolute Gasteiger partial charge is 0.426 e. The molecule has 0 aliphatic carbocycles. The van der Waals surface area contributed by atoms with Crippen LogP contribution >= 0.6 is 0 Å². The Hall–Kier alpha value is -2.89. The normalized spacial score (nSPS) is 11.4. The van der Waals surface area contributed by atoms with Gasteiger partial charge in [0.1, 0.15) is 11.5 Å². The van der Waals surface area contributed by atoms with E-state index in [0.29, 0.717) is 22.3 Å². The lowest BCUT2D eigenvalue weighted by Crippen LogP contribution is -2.22. The standard InChI is InChI=1S/C19H15F3O3/c1-23-15-7-4-14(5-8-15)19(21,22)25-18-11-12-3-6-16(24-2)9-13(12)10-17(18)20/h3-11H,1-2H3. The Morgan fingerprint density at radius 2 is 1.40 bits per heavy atom. The Labute approximate surface area is 142 Å². The molecule has 0 bridgehead atoms. The van der Waals surface area contributed by atoms with Gasteiger partial charge < -0.3 is 14.2 Å². The molecule has 0 spiro atoms. The predicted molar refractivity (Wildman–Crippen MR) is 88.0 cm³/mol. The van der Waals surface area contributed by atoms with Gasteiger partial charge in [-0.15, -0.1) is 0 Å². The summed E-state index contributed by atoms with van der Waals surface area (Å²) in [7, 11) is 2.92. The number of benzene rings is 3. The quantitative estimate of drug-likeness (QED) is 0.640. The van der Waals surface area contributed by atoms with Gasteiger partial charge >= 0.3 is 6.11 Å². The van der Waals surface area contributed by atoms with Crippen LogP contribution in [-0.2, 0) is 6.11 Å². The minimum atomic E-state index is -3.69. The lowest BCUT2D eigenvalue weighted by molar-refractivity contribution is -0.186. The van der Waals surface area contributed by atoms with Gasteiger partial charge in [-0.05, 0) is 59.3 Å². The van der Waals surface area contributed by atoms with E-state index in [9.17, 15) is 13.2 Å². The Morgan fingerprint density at radius 1 is 0.760 bits per heavy atom. The largest absolute Gasteiger partial charge is 0.497 e. The molecule has 0 atom stereocenters. The molecule has 3 nitrogen and oxygen atoms in total. The van der Waals surface area contributed by atoms with Gasteiger partial charge in [-0.1, -0.05) is 6.07 Å². The van der Waals surface area contributed by atoms with Crippen molar-refractivity contribution in [2.45, 2.75) is 6.11 Å². The van der Waals surface area contributed by atoms with Gasteiger partial charge in [-0.25, -0.2) is 4.39 Å². The van der Waals surface area contributed by atoms with Crippen molar-refractivity contribution in [2.75, 3.05) is 14.2 Å². The van der Waals surface area contributed by atoms with Gasteiger partial charge in [0, 0.05) is 0 Å². The highest BCUT2D eigenvalue weighted by Crippen LogP contribution is 2.35. The number of rotatable bonds is 5. The summed E-state index contributed by atoms with van der Waals surface area (Å²) in [6.45, 7) is 0. The second-order valence-corrected chi connectivity index (χ2v) is 5.34. The molecule has 0 aliphatic rings. The summed E-state index contributed by atoms with van der Waals surface area (Å²) in [4.78, 5) is 0. The van der Waals surface area contributed by atoms with Crippen LogP contribution in [0.1, 0.15) is 5.56 Å². The number of hydrogen-bond donors (Lipinski definition) is 0. The van der Waals surface area contributed by atoms with Gasteiger partial charge in [-0.2, -0.15) is 8.78 Å². The van der Waals surface area contributed by atoms with Crippen molar-refractivity contribution in [2.24, 2.45) is 0 Å². The first kappa shape index (κ1) is 17.0. The summed E-state index contributed by atoms with van der Waals surface area (Å²) in [5.41, 5.74) is -0.400. The van der Waals surface area contributed by atoms with Crippen LogP contribution in [0.25, 0.3) is 10.8 Å². The zero-order valence-corrected chi connectivity index (χ0v) is 13.6. The van der Waals surface area contributed by atoms with Crippen LogP contribution in [0.4, 0.5) is 13.2 Å².